The third-order valence-corrected chi connectivity index (χ3v) is 4.51. The number of hydrogen-bond acceptors (Lipinski definition) is 5. The smallest absolute Gasteiger partial charge is 0.305 e. The number of esters is 1. The van der Waals surface area contributed by atoms with Gasteiger partial charge in [-0.1, -0.05) is 18.9 Å². The van der Waals surface area contributed by atoms with Gasteiger partial charge >= 0.3 is 5.97 Å². The zero-order valence-corrected chi connectivity index (χ0v) is 21.1. The summed E-state index contributed by atoms with van der Waals surface area (Å²) in [5.41, 5.74) is 1.23. The molecule has 0 aliphatic carbocycles. The highest BCUT2D eigenvalue weighted by Crippen LogP contribution is 2.28. The van der Waals surface area contributed by atoms with Crippen LogP contribution < -0.4 is 20.1 Å². The van der Waals surface area contributed by atoms with Gasteiger partial charge in [-0.2, -0.15) is 0 Å². The highest BCUT2D eigenvalue weighted by atomic mass is 127. The van der Waals surface area contributed by atoms with E-state index in [1.54, 1.807) is 14.2 Å². The zero-order chi connectivity index (χ0) is 21.3. The predicted molar refractivity (Wildman–Crippen MR) is 132 cm³/mol. The molecule has 0 bridgehead atoms. The maximum Gasteiger partial charge on any atom is 0.305 e. The lowest BCUT2D eigenvalue weighted by Gasteiger charge is -2.13. The lowest BCUT2D eigenvalue weighted by atomic mass is 10.1. The summed E-state index contributed by atoms with van der Waals surface area (Å²) in [7, 11) is 4.87. The Hall–Kier alpha value is -1.71. The summed E-state index contributed by atoms with van der Waals surface area (Å²) in [5, 5.41) is 6.68. The van der Waals surface area contributed by atoms with Crippen LogP contribution in [0, 0.1) is 0 Å². The molecule has 0 amide bonds. The summed E-state index contributed by atoms with van der Waals surface area (Å²) in [6.07, 6.45) is 6.51. The number of ether oxygens (including phenoxy) is 3. The van der Waals surface area contributed by atoms with Crippen molar-refractivity contribution in [2.75, 3.05) is 41.0 Å². The second kappa shape index (κ2) is 18.1. The van der Waals surface area contributed by atoms with Gasteiger partial charge in [0, 0.05) is 26.6 Å². The Bertz CT molecular complexity index is 626. The van der Waals surface area contributed by atoms with Crippen LogP contribution in [0.1, 0.15) is 51.0 Å². The van der Waals surface area contributed by atoms with E-state index in [0.717, 1.165) is 69.1 Å². The molecule has 30 heavy (non-hydrogen) atoms. The van der Waals surface area contributed by atoms with Gasteiger partial charge in [-0.05, 0) is 50.3 Å². The molecule has 8 heteroatoms. The minimum atomic E-state index is -0.128. The number of rotatable bonds is 14. The molecular formula is C22H38IN3O4. The average molecular weight is 535 g/mol. The Morgan fingerprint density at radius 2 is 1.70 bits per heavy atom. The number of aliphatic imine (C=N–C) groups is 1. The molecule has 0 unspecified atom stereocenters. The molecule has 1 aromatic carbocycles. The van der Waals surface area contributed by atoms with Crippen LogP contribution in [0.25, 0.3) is 0 Å². The minimum absolute atomic E-state index is 0. The lowest BCUT2D eigenvalue weighted by Crippen LogP contribution is -2.38. The van der Waals surface area contributed by atoms with Crippen molar-refractivity contribution in [3.8, 4) is 11.5 Å². The number of unbranched alkanes of at least 4 members (excludes halogenated alkanes) is 3. The molecule has 0 fully saturated rings. The molecule has 0 heterocycles. The van der Waals surface area contributed by atoms with Crippen molar-refractivity contribution in [2.45, 2.75) is 51.9 Å². The first-order chi connectivity index (χ1) is 14.1. The Labute approximate surface area is 198 Å². The summed E-state index contributed by atoms with van der Waals surface area (Å²) in [6, 6.07) is 6.09. The third kappa shape index (κ3) is 12.1. The maximum absolute atomic E-state index is 11.0. The lowest BCUT2D eigenvalue weighted by molar-refractivity contribution is -0.140. The molecule has 1 aromatic rings. The predicted octanol–water partition coefficient (Wildman–Crippen LogP) is 3.93. The van der Waals surface area contributed by atoms with Crippen molar-refractivity contribution in [2.24, 2.45) is 4.99 Å². The van der Waals surface area contributed by atoms with Crippen LogP contribution >= 0.6 is 24.0 Å². The summed E-state index contributed by atoms with van der Waals surface area (Å²) in [6.45, 7) is 4.30. The van der Waals surface area contributed by atoms with Crippen LogP contribution in [0.3, 0.4) is 0 Å². The number of carbonyl (C=O) groups is 1. The van der Waals surface area contributed by atoms with E-state index in [9.17, 15) is 4.79 Å². The normalized spacial score (nSPS) is 10.7. The van der Waals surface area contributed by atoms with Crippen LogP contribution in [-0.4, -0.2) is 52.9 Å². The Morgan fingerprint density at radius 3 is 2.33 bits per heavy atom. The number of benzene rings is 1. The highest BCUT2D eigenvalue weighted by molar-refractivity contribution is 14.0. The van der Waals surface area contributed by atoms with Gasteiger partial charge in [0.15, 0.2) is 17.5 Å². The van der Waals surface area contributed by atoms with Crippen LogP contribution in [0.5, 0.6) is 11.5 Å². The summed E-state index contributed by atoms with van der Waals surface area (Å²) < 4.78 is 15.6. The van der Waals surface area contributed by atoms with Crippen LogP contribution in [0.4, 0.5) is 0 Å². The number of guanidine groups is 1. The maximum atomic E-state index is 11.0. The fourth-order valence-electron chi connectivity index (χ4n) is 2.92. The fraction of sp³-hybridized carbons (Fsp3) is 0.636. The molecule has 2 N–H and O–H groups in total. The van der Waals surface area contributed by atoms with E-state index in [-0.39, 0.29) is 29.9 Å². The van der Waals surface area contributed by atoms with Crippen molar-refractivity contribution < 1.29 is 19.0 Å². The van der Waals surface area contributed by atoms with Gasteiger partial charge in [0.2, 0.25) is 0 Å². The summed E-state index contributed by atoms with van der Waals surface area (Å²) in [4.78, 5) is 15.3. The van der Waals surface area contributed by atoms with Crippen molar-refractivity contribution in [1.29, 1.82) is 0 Å². The molecule has 172 valence electrons. The van der Waals surface area contributed by atoms with Crippen LogP contribution in [0.15, 0.2) is 23.2 Å². The highest BCUT2D eigenvalue weighted by Gasteiger charge is 2.05. The summed E-state index contributed by atoms with van der Waals surface area (Å²) in [5.74, 6) is 2.26. The van der Waals surface area contributed by atoms with Gasteiger partial charge < -0.3 is 24.8 Å². The van der Waals surface area contributed by atoms with Gasteiger partial charge in [0.1, 0.15) is 0 Å². The summed E-state index contributed by atoms with van der Waals surface area (Å²) >= 11 is 0. The molecule has 7 nitrogen and oxygen atoms in total. The quantitative estimate of drug-likeness (QED) is 0.124. The van der Waals surface area contributed by atoms with E-state index in [2.05, 4.69) is 32.5 Å². The van der Waals surface area contributed by atoms with Gasteiger partial charge in [0.05, 0.1) is 20.8 Å². The number of aryl methyl sites for hydroxylation is 1. The molecule has 0 aliphatic heterocycles. The van der Waals surface area contributed by atoms with E-state index in [0.29, 0.717) is 13.0 Å². The number of hydrogen-bond donors (Lipinski definition) is 2. The largest absolute Gasteiger partial charge is 0.493 e. The number of nitrogens with zero attached hydrogens (tertiary/aromatic N) is 1. The van der Waals surface area contributed by atoms with Crippen molar-refractivity contribution >= 4 is 35.9 Å². The van der Waals surface area contributed by atoms with E-state index < -0.39 is 0 Å². The number of carbonyl (C=O) groups excluding carboxylic acids is 1. The Kier molecular flexibility index (Phi) is 17.1. The van der Waals surface area contributed by atoms with Gasteiger partial charge in [-0.25, -0.2) is 0 Å². The van der Waals surface area contributed by atoms with E-state index in [4.69, 9.17) is 9.47 Å². The molecular weight excluding hydrogens is 497 g/mol. The second-order valence-corrected chi connectivity index (χ2v) is 6.69. The third-order valence-electron chi connectivity index (χ3n) is 4.51. The van der Waals surface area contributed by atoms with E-state index in [1.165, 1.54) is 12.7 Å². The van der Waals surface area contributed by atoms with Crippen molar-refractivity contribution in [3.63, 3.8) is 0 Å². The first kappa shape index (κ1) is 28.3. The Balaban J connectivity index is 0.00000841. The first-order valence-corrected chi connectivity index (χ1v) is 10.5. The second-order valence-electron chi connectivity index (χ2n) is 6.69. The average Bonchev–Trinajstić information content (AvgIpc) is 2.74. The van der Waals surface area contributed by atoms with E-state index >= 15 is 0 Å². The van der Waals surface area contributed by atoms with Crippen molar-refractivity contribution in [1.82, 2.24) is 10.6 Å². The molecule has 0 spiro atoms. The number of halogens is 1. The molecule has 0 aromatic heterocycles. The standard InChI is InChI=1S/C22H37N3O4.HI/c1-5-29-20-17-18(13-14-19(20)27-3)11-10-16-25-22(23-2)24-15-9-7-6-8-12-21(26)28-4;/h13-14,17H,5-12,15-16H2,1-4H3,(H2,23,24,25);1H. The molecule has 1 rings (SSSR count). The topological polar surface area (TPSA) is 81.2 Å². The van der Waals surface area contributed by atoms with Gasteiger partial charge in [-0.15, -0.1) is 24.0 Å². The first-order valence-electron chi connectivity index (χ1n) is 10.5. The fourth-order valence-corrected chi connectivity index (χ4v) is 2.92. The zero-order valence-electron chi connectivity index (χ0n) is 18.8. The molecule has 0 radical (unpaired) electrons. The Morgan fingerprint density at radius 1 is 1.00 bits per heavy atom. The minimum Gasteiger partial charge on any atom is -0.493 e. The SMILES string of the molecule is CCOc1cc(CCCNC(=NC)NCCCCCCC(=O)OC)ccc1OC.I. The molecule has 0 saturated carbocycles. The molecule has 0 saturated heterocycles. The number of methoxy groups -OCH3 is 2. The van der Waals surface area contributed by atoms with Crippen molar-refractivity contribution in [3.05, 3.63) is 23.8 Å². The number of nitrogens with one attached hydrogen (secondary N) is 2. The van der Waals surface area contributed by atoms with Crippen LogP contribution in [-0.2, 0) is 16.0 Å². The van der Waals surface area contributed by atoms with E-state index in [1.807, 2.05) is 13.0 Å². The van der Waals surface area contributed by atoms with Gasteiger partial charge in [0.25, 0.3) is 0 Å². The monoisotopic (exact) mass is 535 g/mol. The molecule has 0 atom stereocenters. The molecule has 0 aliphatic rings. The van der Waals surface area contributed by atoms with Crippen LogP contribution in [0.2, 0.25) is 0 Å². The van der Waals surface area contributed by atoms with Gasteiger partial charge in [-0.3, -0.25) is 9.79 Å².